The molecule has 6 nitrogen and oxygen atoms in total. The smallest absolute Gasteiger partial charge is 0.319 e. The molecule has 1 aromatic carbocycles. The maximum Gasteiger partial charge on any atom is 0.323 e. The number of nitrogens with zero attached hydrogens (tertiary/aromatic N) is 1. The lowest BCUT2D eigenvalue weighted by Crippen LogP contribution is -2.12. The maximum atomic E-state index is 11.1. The Morgan fingerprint density at radius 1 is 1.18 bits per heavy atom. The third kappa shape index (κ3) is 1.64. The molecule has 0 spiro atoms. The van der Waals surface area contributed by atoms with Gasteiger partial charge >= 0.3 is 5.69 Å². The van der Waals surface area contributed by atoms with Crippen molar-refractivity contribution in [1.82, 2.24) is 20.2 Å². The van der Waals surface area contributed by atoms with Gasteiger partial charge in [-0.05, 0) is 23.8 Å². The zero-order chi connectivity index (χ0) is 11.8. The van der Waals surface area contributed by atoms with E-state index < -0.39 is 0 Å². The minimum absolute atomic E-state index is 0.215. The molecular weight excluding hydrogens is 218 g/mol. The predicted octanol–water partition coefficient (Wildman–Crippen LogP) is 0.627. The molecule has 6 heteroatoms. The average molecular weight is 229 g/mol. The fourth-order valence-electron chi connectivity index (χ4n) is 1.86. The number of aromatic amines is 3. The van der Waals surface area contributed by atoms with E-state index in [2.05, 4.69) is 20.2 Å². The fourth-order valence-corrected chi connectivity index (χ4v) is 1.86. The van der Waals surface area contributed by atoms with Crippen molar-refractivity contribution in [3.05, 3.63) is 52.2 Å². The number of hydrogen-bond acceptors (Lipinski definition) is 3. The van der Waals surface area contributed by atoms with Crippen molar-refractivity contribution in [3.8, 4) is 0 Å². The first kappa shape index (κ1) is 9.86. The Bertz CT molecular complexity index is 694. The van der Waals surface area contributed by atoms with E-state index in [1.165, 1.54) is 0 Å². The van der Waals surface area contributed by atoms with Crippen LogP contribution < -0.4 is 11.4 Å². The molecule has 2 aromatic heterocycles. The third-order valence-corrected chi connectivity index (χ3v) is 2.76. The SMILES string of the molecule is NC(c1ccc2[nH]c(=O)[nH]c2c1)c1ccn[nH]1. The number of H-pyrrole nitrogens is 3. The van der Waals surface area contributed by atoms with E-state index in [0.717, 1.165) is 22.3 Å². The van der Waals surface area contributed by atoms with Crippen molar-refractivity contribution in [3.63, 3.8) is 0 Å². The summed E-state index contributed by atoms with van der Waals surface area (Å²) in [5.74, 6) is 0. The highest BCUT2D eigenvalue weighted by atomic mass is 16.1. The van der Waals surface area contributed by atoms with Crippen molar-refractivity contribution < 1.29 is 0 Å². The van der Waals surface area contributed by atoms with Gasteiger partial charge in [0.1, 0.15) is 0 Å². The molecule has 17 heavy (non-hydrogen) atoms. The van der Waals surface area contributed by atoms with Gasteiger partial charge in [-0.15, -0.1) is 0 Å². The van der Waals surface area contributed by atoms with Crippen LogP contribution in [-0.4, -0.2) is 20.2 Å². The molecule has 0 fully saturated rings. The lowest BCUT2D eigenvalue weighted by molar-refractivity contribution is 0.817. The topological polar surface area (TPSA) is 103 Å². The molecule has 0 bridgehead atoms. The number of fused-ring (bicyclic) bond motifs is 1. The highest BCUT2D eigenvalue weighted by Crippen LogP contribution is 2.20. The molecule has 1 atom stereocenters. The van der Waals surface area contributed by atoms with Gasteiger partial charge in [-0.3, -0.25) is 5.10 Å². The third-order valence-electron chi connectivity index (χ3n) is 2.76. The molecule has 5 N–H and O–H groups in total. The number of imidazole rings is 1. The first-order valence-corrected chi connectivity index (χ1v) is 5.21. The zero-order valence-electron chi connectivity index (χ0n) is 8.90. The van der Waals surface area contributed by atoms with Crippen LogP contribution >= 0.6 is 0 Å². The second-order valence-electron chi connectivity index (χ2n) is 3.87. The predicted molar refractivity (Wildman–Crippen MR) is 63.5 cm³/mol. The minimum atomic E-state index is -0.277. The first-order valence-electron chi connectivity index (χ1n) is 5.21. The lowest BCUT2D eigenvalue weighted by atomic mass is 10.0. The van der Waals surface area contributed by atoms with Gasteiger partial charge in [0.2, 0.25) is 0 Å². The summed E-state index contributed by atoms with van der Waals surface area (Å²) in [7, 11) is 0. The average Bonchev–Trinajstić information content (AvgIpc) is 2.94. The second kappa shape index (κ2) is 3.60. The molecule has 3 aromatic rings. The number of nitrogens with two attached hydrogens (primary N) is 1. The number of hydrogen-bond donors (Lipinski definition) is 4. The Morgan fingerprint density at radius 3 is 2.76 bits per heavy atom. The van der Waals surface area contributed by atoms with Gasteiger partial charge in [0.05, 0.1) is 22.8 Å². The zero-order valence-corrected chi connectivity index (χ0v) is 8.90. The van der Waals surface area contributed by atoms with E-state index in [0.29, 0.717) is 0 Å². The Labute approximate surface area is 95.9 Å². The molecule has 0 saturated heterocycles. The highest BCUT2D eigenvalue weighted by Gasteiger charge is 2.11. The summed E-state index contributed by atoms with van der Waals surface area (Å²) in [5.41, 5.74) is 9.14. The molecule has 0 radical (unpaired) electrons. The van der Waals surface area contributed by atoms with E-state index in [1.54, 1.807) is 6.20 Å². The Morgan fingerprint density at radius 2 is 2.00 bits per heavy atom. The summed E-state index contributed by atoms with van der Waals surface area (Å²) < 4.78 is 0. The van der Waals surface area contributed by atoms with E-state index in [1.807, 2.05) is 24.3 Å². The summed E-state index contributed by atoms with van der Waals surface area (Å²) in [5, 5.41) is 6.70. The van der Waals surface area contributed by atoms with Crippen molar-refractivity contribution in [2.24, 2.45) is 5.73 Å². The molecule has 1 unspecified atom stereocenters. The van der Waals surface area contributed by atoms with Crippen LogP contribution in [0.15, 0.2) is 35.3 Å². The Hall–Kier alpha value is -2.34. The monoisotopic (exact) mass is 229 g/mol. The quantitative estimate of drug-likeness (QED) is 0.518. The summed E-state index contributed by atoms with van der Waals surface area (Å²) in [6.45, 7) is 0. The molecule has 3 rings (SSSR count). The van der Waals surface area contributed by atoms with Gasteiger partial charge in [-0.25, -0.2) is 4.79 Å². The van der Waals surface area contributed by atoms with Gasteiger partial charge in [0.25, 0.3) is 0 Å². The fraction of sp³-hybridized carbons (Fsp3) is 0.0909. The summed E-state index contributed by atoms with van der Waals surface area (Å²) in [6.07, 6.45) is 1.66. The Kier molecular flexibility index (Phi) is 2.09. The Balaban J connectivity index is 2.08. The van der Waals surface area contributed by atoms with E-state index in [9.17, 15) is 4.79 Å². The van der Waals surface area contributed by atoms with E-state index in [4.69, 9.17) is 5.73 Å². The van der Waals surface area contributed by atoms with Gasteiger partial charge in [0.15, 0.2) is 0 Å². The minimum Gasteiger partial charge on any atom is -0.319 e. The van der Waals surface area contributed by atoms with Crippen LogP contribution in [0.2, 0.25) is 0 Å². The molecule has 2 heterocycles. The standard InChI is InChI=1S/C11H11N5O/c12-10(8-3-4-13-16-8)6-1-2-7-9(5-6)15-11(17)14-7/h1-5,10H,12H2,(H,13,16)(H2,14,15,17). The molecular formula is C11H11N5O. The van der Waals surface area contributed by atoms with Crippen LogP contribution in [-0.2, 0) is 0 Å². The summed E-state index contributed by atoms with van der Waals surface area (Å²) in [4.78, 5) is 16.5. The number of aromatic nitrogens is 4. The van der Waals surface area contributed by atoms with Gasteiger partial charge in [-0.2, -0.15) is 5.10 Å². The normalized spacial score (nSPS) is 13.0. The molecule has 86 valence electrons. The highest BCUT2D eigenvalue weighted by molar-refractivity contribution is 5.75. The van der Waals surface area contributed by atoms with E-state index in [-0.39, 0.29) is 11.7 Å². The molecule has 0 amide bonds. The summed E-state index contributed by atoms with van der Waals surface area (Å²) in [6, 6.07) is 7.13. The maximum absolute atomic E-state index is 11.1. The number of rotatable bonds is 2. The van der Waals surface area contributed by atoms with Crippen LogP contribution in [0.1, 0.15) is 17.3 Å². The van der Waals surface area contributed by atoms with Crippen LogP contribution in [0.25, 0.3) is 11.0 Å². The molecule has 0 saturated carbocycles. The molecule has 0 aliphatic rings. The summed E-state index contributed by atoms with van der Waals surface area (Å²) >= 11 is 0. The van der Waals surface area contributed by atoms with Crippen molar-refractivity contribution in [2.75, 3.05) is 0 Å². The van der Waals surface area contributed by atoms with Gasteiger partial charge in [-0.1, -0.05) is 6.07 Å². The van der Waals surface area contributed by atoms with Crippen molar-refractivity contribution in [2.45, 2.75) is 6.04 Å². The van der Waals surface area contributed by atoms with Crippen molar-refractivity contribution in [1.29, 1.82) is 0 Å². The van der Waals surface area contributed by atoms with E-state index >= 15 is 0 Å². The molecule has 0 aliphatic heterocycles. The van der Waals surface area contributed by atoms with Gasteiger partial charge in [0, 0.05) is 6.20 Å². The molecule has 0 aliphatic carbocycles. The van der Waals surface area contributed by atoms with Crippen LogP contribution in [0, 0.1) is 0 Å². The largest absolute Gasteiger partial charge is 0.323 e. The lowest BCUT2D eigenvalue weighted by Gasteiger charge is -2.09. The van der Waals surface area contributed by atoms with Crippen LogP contribution in [0.4, 0.5) is 0 Å². The van der Waals surface area contributed by atoms with Crippen molar-refractivity contribution >= 4 is 11.0 Å². The first-order chi connectivity index (χ1) is 8.24. The second-order valence-corrected chi connectivity index (χ2v) is 3.87. The number of benzene rings is 1. The van der Waals surface area contributed by atoms with Gasteiger partial charge < -0.3 is 15.7 Å². The number of nitrogens with one attached hydrogen (secondary N) is 3. The van der Waals surface area contributed by atoms with Crippen LogP contribution in [0.5, 0.6) is 0 Å². The van der Waals surface area contributed by atoms with Crippen LogP contribution in [0.3, 0.4) is 0 Å².